The highest BCUT2D eigenvalue weighted by Gasteiger charge is 2.25. The third-order valence-electron chi connectivity index (χ3n) is 3.46. The Balaban J connectivity index is 2.57. The number of benzene rings is 1. The molecule has 0 aliphatic carbocycles. The first-order chi connectivity index (χ1) is 8.69. The molecule has 2 nitrogen and oxygen atoms in total. The standard InChI is InChI=1S/C15H23BrO2/c1-4-15(5-2,11-16)12-18-14-9-7-13(8-10-14)17-6-3/h7-10H,4-6,11-12H2,1-3H3. The summed E-state index contributed by atoms with van der Waals surface area (Å²) in [6.07, 6.45) is 2.23. The van der Waals surface area contributed by atoms with E-state index in [4.69, 9.17) is 9.47 Å². The topological polar surface area (TPSA) is 18.5 Å². The van der Waals surface area contributed by atoms with Crippen molar-refractivity contribution in [2.24, 2.45) is 5.41 Å². The van der Waals surface area contributed by atoms with E-state index in [1.807, 2.05) is 31.2 Å². The molecule has 0 bridgehead atoms. The van der Waals surface area contributed by atoms with Gasteiger partial charge >= 0.3 is 0 Å². The van der Waals surface area contributed by atoms with E-state index in [1.165, 1.54) is 0 Å². The van der Waals surface area contributed by atoms with Crippen LogP contribution in [0, 0.1) is 5.41 Å². The molecule has 0 heterocycles. The quantitative estimate of drug-likeness (QED) is 0.649. The van der Waals surface area contributed by atoms with E-state index in [-0.39, 0.29) is 5.41 Å². The molecule has 0 fully saturated rings. The Morgan fingerprint density at radius 3 is 1.83 bits per heavy atom. The third kappa shape index (κ3) is 4.20. The van der Waals surface area contributed by atoms with Gasteiger partial charge in [0.2, 0.25) is 0 Å². The highest BCUT2D eigenvalue weighted by molar-refractivity contribution is 9.09. The van der Waals surface area contributed by atoms with Gasteiger partial charge < -0.3 is 9.47 Å². The fraction of sp³-hybridized carbons (Fsp3) is 0.600. The van der Waals surface area contributed by atoms with Crippen LogP contribution >= 0.6 is 15.9 Å². The summed E-state index contributed by atoms with van der Waals surface area (Å²) in [6, 6.07) is 7.84. The zero-order valence-corrected chi connectivity index (χ0v) is 13.1. The summed E-state index contributed by atoms with van der Waals surface area (Å²) >= 11 is 3.60. The van der Waals surface area contributed by atoms with Crippen molar-refractivity contribution in [3.63, 3.8) is 0 Å². The second-order valence-corrected chi connectivity index (χ2v) is 5.09. The van der Waals surface area contributed by atoms with E-state index in [0.29, 0.717) is 6.61 Å². The van der Waals surface area contributed by atoms with Gasteiger partial charge in [-0.15, -0.1) is 0 Å². The Bertz CT molecular complexity index is 323. The van der Waals surface area contributed by atoms with Crippen LogP contribution in [-0.2, 0) is 0 Å². The molecular weight excluding hydrogens is 292 g/mol. The Morgan fingerprint density at radius 1 is 0.944 bits per heavy atom. The van der Waals surface area contributed by atoms with Crippen molar-refractivity contribution >= 4 is 15.9 Å². The van der Waals surface area contributed by atoms with Crippen LogP contribution in [0.25, 0.3) is 0 Å². The normalized spacial score (nSPS) is 11.3. The largest absolute Gasteiger partial charge is 0.494 e. The molecule has 102 valence electrons. The van der Waals surface area contributed by atoms with Gasteiger partial charge in [0.25, 0.3) is 0 Å². The van der Waals surface area contributed by atoms with E-state index < -0.39 is 0 Å². The van der Waals surface area contributed by atoms with Crippen molar-refractivity contribution in [3.8, 4) is 11.5 Å². The maximum Gasteiger partial charge on any atom is 0.119 e. The maximum absolute atomic E-state index is 5.89. The van der Waals surface area contributed by atoms with E-state index >= 15 is 0 Å². The second-order valence-electron chi connectivity index (χ2n) is 4.53. The zero-order valence-electron chi connectivity index (χ0n) is 11.5. The summed E-state index contributed by atoms with van der Waals surface area (Å²) < 4.78 is 11.3. The van der Waals surface area contributed by atoms with E-state index in [0.717, 1.165) is 36.3 Å². The fourth-order valence-electron chi connectivity index (χ4n) is 1.72. The molecule has 0 saturated heterocycles. The second kappa shape index (κ2) is 7.67. The van der Waals surface area contributed by atoms with E-state index in [9.17, 15) is 0 Å². The van der Waals surface area contributed by atoms with Crippen LogP contribution in [0.15, 0.2) is 24.3 Å². The van der Waals surface area contributed by atoms with Crippen LogP contribution in [0.5, 0.6) is 11.5 Å². The lowest BCUT2D eigenvalue weighted by molar-refractivity contribution is 0.158. The molecular formula is C15H23BrO2. The van der Waals surface area contributed by atoms with Crippen molar-refractivity contribution < 1.29 is 9.47 Å². The molecule has 0 N–H and O–H groups in total. The molecule has 3 heteroatoms. The number of hydrogen-bond acceptors (Lipinski definition) is 2. The molecule has 0 unspecified atom stereocenters. The van der Waals surface area contributed by atoms with Gasteiger partial charge in [-0.2, -0.15) is 0 Å². The first kappa shape index (κ1) is 15.4. The molecule has 1 rings (SSSR count). The minimum Gasteiger partial charge on any atom is -0.494 e. The van der Waals surface area contributed by atoms with E-state index in [1.54, 1.807) is 0 Å². The lowest BCUT2D eigenvalue weighted by Gasteiger charge is -2.29. The number of halogens is 1. The van der Waals surface area contributed by atoms with Crippen LogP contribution in [0.3, 0.4) is 0 Å². The Morgan fingerprint density at radius 2 is 1.44 bits per heavy atom. The smallest absolute Gasteiger partial charge is 0.119 e. The minimum absolute atomic E-state index is 0.235. The molecule has 0 aromatic heterocycles. The van der Waals surface area contributed by atoms with E-state index in [2.05, 4.69) is 29.8 Å². The molecule has 0 spiro atoms. The van der Waals surface area contributed by atoms with Crippen molar-refractivity contribution in [2.45, 2.75) is 33.6 Å². The van der Waals surface area contributed by atoms with Crippen molar-refractivity contribution in [1.29, 1.82) is 0 Å². The predicted octanol–water partition coefficient (Wildman–Crippen LogP) is 4.67. The average molecular weight is 315 g/mol. The van der Waals surface area contributed by atoms with Gasteiger partial charge in [-0.3, -0.25) is 0 Å². The van der Waals surface area contributed by atoms with Gasteiger partial charge in [-0.1, -0.05) is 29.8 Å². The Labute approximate surface area is 119 Å². The monoisotopic (exact) mass is 314 g/mol. The fourth-order valence-corrected chi connectivity index (χ4v) is 2.67. The van der Waals surface area contributed by atoms with Crippen LogP contribution in [-0.4, -0.2) is 18.5 Å². The minimum atomic E-state index is 0.235. The molecule has 0 amide bonds. The van der Waals surface area contributed by atoms with Crippen LogP contribution in [0.4, 0.5) is 0 Å². The van der Waals surface area contributed by atoms with Gasteiger partial charge in [0.1, 0.15) is 11.5 Å². The van der Waals surface area contributed by atoms with Crippen molar-refractivity contribution in [1.82, 2.24) is 0 Å². The van der Waals surface area contributed by atoms with Gasteiger partial charge in [0, 0.05) is 10.7 Å². The molecule has 0 atom stereocenters. The highest BCUT2D eigenvalue weighted by Crippen LogP contribution is 2.30. The molecule has 1 aromatic carbocycles. The van der Waals surface area contributed by atoms with Crippen molar-refractivity contribution in [2.75, 3.05) is 18.5 Å². The van der Waals surface area contributed by atoms with Crippen LogP contribution < -0.4 is 9.47 Å². The summed E-state index contributed by atoms with van der Waals surface area (Å²) in [4.78, 5) is 0. The van der Waals surface area contributed by atoms with Gasteiger partial charge in [0.15, 0.2) is 0 Å². The predicted molar refractivity (Wildman–Crippen MR) is 79.9 cm³/mol. The molecule has 1 aromatic rings. The Kier molecular flexibility index (Phi) is 6.55. The summed E-state index contributed by atoms with van der Waals surface area (Å²) in [5.41, 5.74) is 0.235. The molecule has 0 radical (unpaired) electrons. The summed E-state index contributed by atoms with van der Waals surface area (Å²) in [7, 11) is 0. The molecule has 0 aliphatic rings. The SMILES string of the molecule is CCOc1ccc(OCC(CC)(CC)CBr)cc1. The van der Waals surface area contributed by atoms with Crippen LogP contribution in [0.2, 0.25) is 0 Å². The third-order valence-corrected chi connectivity index (χ3v) is 4.65. The number of ether oxygens (including phenoxy) is 2. The molecule has 0 saturated carbocycles. The average Bonchev–Trinajstić information content (AvgIpc) is 2.43. The van der Waals surface area contributed by atoms with Gasteiger partial charge in [0.05, 0.1) is 13.2 Å². The summed E-state index contributed by atoms with van der Waals surface area (Å²) in [5, 5.41) is 0.976. The summed E-state index contributed by atoms with van der Waals surface area (Å²) in [6.45, 7) is 7.85. The number of rotatable bonds is 8. The lowest BCUT2D eigenvalue weighted by Crippen LogP contribution is -2.28. The van der Waals surface area contributed by atoms with Crippen molar-refractivity contribution in [3.05, 3.63) is 24.3 Å². The number of alkyl halides is 1. The number of hydrogen-bond donors (Lipinski definition) is 0. The summed E-state index contributed by atoms with van der Waals surface area (Å²) in [5.74, 6) is 1.80. The van der Waals surface area contributed by atoms with Crippen LogP contribution in [0.1, 0.15) is 33.6 Å². The van der Waals surface area contributed by atoms with Gasteiger partial charge in [-0.05, 0) is 44.0 Å². The highest BCUT2D eigenvalue weighted by atomic mass is 79.9. The molecule has 18 heavy (non-hydrogen) atoms. The van der Waals surface area contributed by atoms with Gasteiger partial charge in [-0.25, -0.2) is 0 Å². The first-order valence-corrected chi connectivity index (χ1v) is 7.73. The lowest BCUT2D eigenvalue weighted by atomic mass is 9.86. The first-order valence-electron chi connectivity index (χ1n) is 6.61. The Hall–Kier alpha value is -0.700. The zero-order chi connectivity index (χ0) is 13.4. The maximum atomic E-state index is 5.89. The molecule has 0 aliphatic heterocycles.